The van der Waals surface area contributed by atoms with Crippen LogP contribution in [-0.2, 0) is 0 Å². The molecular weight excluding hydrogens is 108 g/mol. The molecule has 1 heterocycles. The Morgan fingerprint density at radius 1 is 2.00 bits per heavy atom. The summed E-state index contributed by atoms with van der Waals surface area (Å²) in [7, 11) is 1.95. The molecule has 0 fully saturated rings. The maximum absolute atomic E-state index is 4.76. The van der Waals surface area contributed by atoms with E-state index in [4.69, 9.17) is 12.2 Å². The minimum Gasteiger partial charge on any atom is -0.359 e. The molecule has 0 saturated carbocycles. The molecule has 0 saturated heterocycles. The molecule has 1 aliphatic heterocycles. The van der Waals surface area contributed by atoms with Crippen LogP contribution in [0.4, 0.5) is 0 Å². The summed E-state index contributed by atoms with van der Waals surface area (Å²) in [4.78, 5) is 6.58. The third kappa shape index (κ3) is 0.962. The van der Waals surface area contributed by atoms with Gasteiger partial charge >= 0.3 is 0 Å². The average molecular weight is 114 g/mol. The quantitative estimate of drug-likeness (QED) is 0.420. The molecule has 3 heteroatoms. The van der Waals surface area contributed by atoms with Crippen molar-refractivity contribution < 1.29 is 0 Å². The van der Waals surface area contributed by atoms with Gasteiger partial charge in [0.2, 0.25) is 0 Å². The second kappa shape index (κ2) is 1.58. The van der Waals surface area contributed by atoms with Crippen LogP contribution in [0.15, 0.2) is 4.99 Å². The molecule has 7 heavy (non-hydrogen) atoms. The minimum atomic E-state index is 0.780. The van der Waals surface area contributed by atoms with E-state index in [-0.39, 0.29) is 0 Å². The molecular formula is C4H6N2S. The summed E-state index contributed by atoms with van der Waals surface area (Å²) in [6, 6.07) is 0. The van der Waals surface area contributed by atoms with Crippen LogP contribution < -0.4 is 0 Å². The second-order valence-corrected chi connectivity index (χ2v) is 2.02. The zero-order valence-electron chi connectivity index (χ0n) is 4.09. The molecule has 0 aromatic rings. The number of likely N-dealkylation sites (N-methyl/N-ethyl adjacent to an activating group) is 1. The SMILES string of the molecule is CN1C=NC(=S)C1. The molecule has 0 bridgehead atoms. The number of thiocarbonyl (C=S) groups is 1. The first-order valence-electron chi connectivity index (χ1n) is 2.06. The summed E-state index contributed by atoms with van der Waals surface area (Å²) < 4.78 is 0. The van der Waals surface area contributed by atoms with Gasteiger partial charge < -0.3 is 4.90 Å². The Labute approximate surface area is 47.8 Å². The maximum atomic E-state index is 4.76. The smallest absolute Gasteiger partial charge is 0.124 e. The van der Waals surface area contributed by atoms with E-state index in [9.17, 15) is 0 Å². The summed E-state index contributed by atoms with van der Waals surface area (Å²) >= 11 is 4.76. The highest BCUT2D eigenvalue weighted by Crippen LogP contribution is 1.91. The molecule has 38 valence electrons. The highest BCUT2D eigenvalue weighted by atomic mass is 32.1. The first-order chi connectivity index (χ1) is 3.29. The Balaban J connectivity index is 2.58. The van der Waals surface area contributed by atoms with Crippen LogP contribution in [0.1, 0.15) is 0 Å². The summed E-state index contributed by atoms with van der Waals surface area (Å²) in [5.41, 5.74) is 0. The van der Waals surface area contributed by atoms with Crippen molar-refractivity contribution in [2.75, 3.05) is 13.6 Å². The molecule has 0 atom stereocenters. The van der Waals surface area contributed by atoms with E-state index in [0.29, 0.717) is 0 Å². The van der Waals surface area contributed by atoms with Crippen LogP contribution in [0.5, 0.6) is 0 Å². The van der Waals surface area contributed by atoms with Gasteiger partial charge in [0.25, 0.3) is 0 Å². The van der Waals surface area contributed by atoms with Crippen molar-refractivity contribution in [1.82, 2.24) is 4.90 Å². The molecule has 1 aliphatic rings. The average Bonchev–Trinajstić information content (AvgIpc) is 1.87. The van der Waals surface area contributed by atoms with E-state index < -0.39 is 0 Å². The van der Waals surface area contributed by atoms with E-state index in [2.05, 4.69) is 4.99 Å². The van der Waals surface area contributed by atoms with Gasteiger partial charge in [-0.1, -0.05) is 12.2 Å². The molecule has 0 aromatic carbocycles. The van der Waals surface area contributed by atoms with Crippen molar-refractivity contribution in [2.45, 2.75) is 0 Å². The summed E-state index contributed by atoms with van der Waals surface area (Å²) in [5, 5.41) is 0. The predicted molar refractivity (Wildman–Crippen MR) is 33.7 cm³/mol. The third-order valence-corrected chi connectivity index (χ3v) is 1.02. The van der Waals surface area contributed by atoms with Gasteiger partial charge in [-0.15, -0.1) is 0 Å². The van der Waals surface area contributed by atoms with Crippen LogP contribution in [0.25, 0.3) is 0 Å². The van der Waals surface area contributed by atoms with Gasteiger partial charge in [-0.25, -0.2) is 4.99 Å². The fourth-order valence-corrected chi connectivity index (χ4v) is 0.709. The summed E-state index contributed by atoms with van der Waals surface area (Å²) in [6.45, 7) is 0.815. The molecule has 2 nitrogen and oxygen atoms in total. The van der Waals surface area contributed by atoms with Crippen molar-refractivity contribution >= 4 is 23.5 Å². The monoisotopic (exact) mass is 114 g/mol. The van der Waals surface area contributed by atoms with E-state index in [0.717, 1.165) is 11.5 Å². The fourth-order valence-electron chi connectivity index (χ4n) is 0.458. The van der Waals surface area contributed by atoms with Gasteiger partial charge in [-0.3, -0.25) is 0 Å². The Hall–Kier alpha value is -0.440. The largest absolute Gasteiger partial charge is 0.359 e. The van der Waals surface area contributed by atoms with Crippen LogP contribution in [0.2, 0.25) is 0 Å². The van der Waals surface area contributed by atoms with Gasteiger partial charge in [-0.05, 0) is 0 Å². The lowest BCUT2D eigenvalue weighted by molar-refractivity contribution is 0.618. The van der Waals surface area contributed by atoms with Gasteiger partial charge in [-0.2, -0.15) is 0 Å². The van der Waals surface area contributed by atoms with Gasteiger partial charge in [0, 0.05) is 7.05 Å². The standard InChI is InChI=1S/C4H6N2S/c1-6-2-4(7)5-3-6/h3H,2H2,1H3. The van der Waals surface area contributed by atoms with Crippen molar-refractivity contribution in [1.29, 1.82) is 0 Å². The van der Waals surface area contributed by atoms with Crippen molar-refractivity contribution in [3.8, 4) is 0 Å². The molecule has 0 aliphatic carbocycles. The van der Waals surface area contributed by atoms with Crippen LogP contribution >= 0.6 is 12.2 Å². The topological polar surface area (TPSA) is 15.6 Å². The maximum Gasteiger partial charge on any atom is 0.124 e. The normalized spacial score (nSPS) is 19.0. The Morgan fingerprint density at radius 2 is 2.71 bits per heavy atom. The van der Waals surface area contributed by atoms with Crippen LogP contribution in [-0.4, -0.2) is 29.8 Å². The van der Waals surface area contributed by atoms with E-state index >= 15 is 0 Å². The van der Waals surface area contributed by atoms with E-state index in [1.807, 2.05) is 11.9 Å². The van der Waals surface area contributed by atoms with Crippen molar-refractivity contribution in [3.63, 3.8) is 0 Å². The van der Waals surface area contributed by atoms with E-state index in [1.165, 1.54) is 0 Å². The Bertz CT molecular complexity index is 119. The lowest BCUT2D eigenvalue weighted by Crippen LogP contribution is -2.13. The fraction of sp³-hybridized carbons (Fsp3) is 0.500. The molecule has 0 spiro atoms. The Kier molecular flexibility index (Phi) is 1.06. The van der Waals surface area contributed by atoms with Crippen LogP contribution in [0, 0.1) is 0 Å². The molecule has 0 radical (unpaired) electrons. The van der Waals surface area contributed by atoms with Gasteiger partial charge in [0.1, 0.15) is 4.99 Å². The molecule has 0 N–H and O–H groups in total. The highest BCUT2D eigenvalue weighted by Gasteiger charge is 2.02. The molecule has 0 unspecified atom stereocenters. The first-order valence-corrected chi connectivity index (χ1v) is 2.47. The first kappa shape index (κ1) is 4.71. The van der Waals surface area contributed by atoms with Crippen LogP contribution in [0.3, 0.4) is 0 Å². The predicted octanol–water partition coefficient (Wildman–Crippen LogP) is 0.287. The summed E-state index contributed by atoms with van der Waals surface area (Å²) in [6.07, 6.45) is 1.74. The number of hydrogen-bond donors (Lipinski definition) is 0. The summed E-state index contributed by atoms with van der Waals surface area (Å²) in [5.74, 6) is 0. The Morgan fingerprint density at radius 3 is 2.86 bits per heavy atom. The highest BCUT2D eigenvalue weighted by molar-refractivity contribution is 7.80. The minimum absolute atomic E-state index is 0.780. The lowest BCUT2D eigenvalue weighted by atomic mass is 10.6. The van der Waals surface area contributed by atoms with Gasteiger partial charge in [0.15, 0.2) is 0 Å². The lowest BCUT2D eigenvalue weighted by Gasteiger charge is -1.99. The number of aliphatic imine (C=N–C) groups is 1. The van der Waals surface area contributed by atoms with Gasteiger partial charge in [0.05, 0.1) is 12.9 Å². The molecule has 0 amide bonds. The zero-order chi connectivity index (χ0) is 5.28. The molecule has 0 aromatic heterocycles. The van der Waals surface area contributed by atoms with E-state index in [1.54, 1.807) is 6.34 Å². The zero-order valence-corrected chi connectivity index (χ0v) is 4.90. The third-order valence-electron chi connectivity index (χ3n) is 0.784. The van der Waals surface area contributed by atoms with Crippen molar-refractivity contribution in [2.24, 2.45) is 4.99 Å². The second-order valence-electron chi connectivity index (χ2n) is 1.55. The van der Waals surface area contributed by atoms with Crippen molar-refractivity contribution in [3.05, 3.63) is 0 Å². The number of hydrogen-bond acceptors (Lipinski definition) is 2. The molecule has 1 rings (SSSR count). The number of rotatable bonds is 0. The number of nitrogens with zero attached hydrogens (tertiary/aromatic N) is 2.